The Morgan fingerprint density at radius 3 is 2.05 bits per heavy atom. The second kappa shape index (κ2) is 6.95. The van der Waals surface area contributed by atoms with Crippen molar-refractivity contribution in [2.75, 3.05) is 13.1 Å². The fourth-order valence-corrected chi connectivity index (χ4v) is 2.40. The third-order valence-electron chi connectivity index (χ3n) is 3.56. The number of ether oxygens (including phenoxy) is 1. The lowest BCUT2D eigenvalue weighted by atomic mass is 9.96. The van der Waals surface area contributed by atoms with Gasteiger partial charge in [0.2, 0.25) is 0 Å². The van der Waals surface area contributed by atoms with E-state index in [1.807, 2.05) is 20.8 Å². The van der Waals surface area contributed by atoms with Gasteiger partial charge < -0.3 is 25.6 Å². The molecule has 0 aromatic heterocycles. The number of aliphatic carboxylic acids is 2. The summed E-state index contributed by atoms with van der Waals surface area (Å²) < 4.78 is 5.30. The Morgan fingerprint density at radius 1 is 1.18 bits per heavy atom. The van der Waals surface area contributed by atoms with Gasteiger partial charge in [0.1, 0.15) is 5.60 Å². The van der Waals surface area contributed by atoms with E-state index in [9.17, 15) is 4.79 Å². The van der Waals surface area contributed by atoms with Crippen LogP contribution >= 0.6 is 0 Å². The molecular formula is C14H24N2O6. The van der Waals surface area contributed by atoms with Crippen LogP contribution in [0.1, 0.15) is 40.0 Å². The molecule has 0 aromatic carbocycles. The quantitative estimate of drug-likeness (QED) is 0.555. The summed E-state index contributed by atoms with van der Waals surface area (Å²) in [5.41, 5.74) is -0.375. The monoisotopic (exact) mass is 316 g/mol. The second-order valence-electron chi connectivity index (χ2n) is 6.58. The fraction of sp³-hybridized carbons (Fsp3) is 0.786. The van der Waals surface area contributed by atoms with Gasteiger partial charge in [0, 0.05) is 12.1 Å². The molecule has 22 heavy (non-hydrogen) atoms. The van der Waals surface area contributed by atoms with Crippen molar-refractivity contribution in [3.05, 3.63) is 0 Å². The van der Waals surface area contributed by atoms with Gasteiger partial charge >= 0.3 is 18.0 Å². The standard InChI is InChI=1S/C12H22N2O2.C2H2O4/c1-11(2,3)16-10(15)14-12(5-6-12)9-4-7-13-8-9;3-1(4)2(5)6/h9,13H,4-8H2,1-3H3,(H,14,15);(H,3,4)(H,5,6)/t9-;/m1./s1. The lowest BCUT2D eigenvalue weighted by molar-refractivity contribution is -0.159. The first-order valence-corrected chi connectivity index (χ1v) is 7.24. The molecule has 8 nitrogen and oxygen atoms in total. The number of nitrogens with one attached hydrogen (secondary N) is 2. The summed E-state index contributed by atoms with van der Waals surface area (Å²) in [6.45, 7) is 7.77. The zero-order valence-electron chi connectivity index (χ0n) is 13.1. The molecule has 1 saturated carbocycles. The van der Waals surface area contributed by atoms with Gasteiger partial charge in [0.05, 0.1) is 0 Å². The van der Waals surface area contributed by atoms with Crippen molar-refractivity contribution in [1.29, 1.82) is 0 Å². The van der Waals surface area contributed by atoms with Crippen molar-refractivity contribution in [3.63, 3.8) is 0 Å². The molecule has 1 heterocycles. The number of rotatable bonds is 2. The first-order chi connectivity index (χ1) is 10.1. The Kier molecular flexibility index (Phi) is 5.76. The Bertz CT molecular complexity index is 421. The molecule has 1 amide bonds. The van der Waals surface area contributed by atoms with Gasteiger partial charge in [-0.05, 0) is 52.5 Å². The molecule has 2 fully saturated rings. The minimum Gasteiger partial charge on any atom is -0.473 e. The van der Waals surface area contributed by atoms with Crippen LogP contribution in [0.25, 0.3) is 0 Å². The van der Waals surface area contributed by atoms with Gasteiger partial charge in [-0.3, -0.25) is 0 Å². The molecule has 0 spiro atoms. The van der Waals surface area contributed by atoms with Crippen LogP contribution in [0.15, 0.2) is 0 Å². The van der Waals surface area contributed by atoms with Crippen LogP contribution in [0.2, 0.25) is 0 Å². The summed E-state index contributed by atoms with van der Waals surface area (Å²) in [5.74, 6) is -3.06. The number of alkyl carbamates (subject to hydrolysis) is 1. The largest absolute Gasteiger partial charge is 0.473 e. The molecule has 0 bridgehead atoms. The lowest BCUT2D eigenvalue weighted by Gasteiger charge is -2.26. The van der Waals surface area contributed by atoms with Crippen LogP contribution < -0.4 is 10.6 Å². The maximum atomic E-state index is 11.7. The van der Waals surface area contributed by atoms with Crippen LogP contribution in [0, 0.1) is 5.92 Å². The van der Waals surface area contributed by atoms with Gasteiger partial charge in [0.15, 0.2) is 0 Å². The maximum Gasteiger partial charge on any atom is 0.414 e. The van der Waals surface area contributed by atoms with Crippen LogP contribution in [-0.2, 0) is 14.3 Å². The summed E-state index contributed by atoms with van der Waals surface area (Å²) in [4.78, 5) is 29.9. The highest BCUT2D eigenvalue weighted by Crippen LogP contribution is 2.44. The Balaban J connectivity index is 0.000000346. The van der Waals surface area contributed by atoms with Crippen molar-refractivity contribution in [3.8, 4) is 0 Å². The zero-order chi connectivity index (χ0) is 17.0. The second-order valence-corrected chi connectivity index (χ2v) is 6.58. The van der Waals surface area contributed by atoms with E-state index in [1.54, 1.807) is 0 Å². The number of carboxylic acid groups (broad SMARTS) is 2. The minimum atomic E-state index is -1.82. The van der Waals surface area contributed by atoms with Crippen molar-refractivity contribution >= 4 is 18.0 Å². The molecule has 1 aliphatic heterocycles. The van der Waals surface area contributed by atoms with Crippen LogP contribution in [0.3, 0.4) is 0 Å². The number of carbonyl (C=O) groups excluding carboxylic acids is 1. The molecule has 0 aromatic rings. The number of hydrogen-bond acceptors (Lipinski definition) is 5. The summed E-state index contributed by atoms with van der Waals surface area (Å²) in [5, 5.41) is 21.2. The van der Waals surface area contributed by atoms with E-state index in [-0.39, 0.29) is 11.6 Å². The van der Waals surface area contributed by atoms with Crippen molar-refractivity contribution in [2.45, 2.75) is 51.2 Å². The van der Waals surface area contributed by atoms with Crippen molar-refractivity contribution in [2.24, 2.45) is 5.92 Å². The molecule has 126 valence electrons. The maximum absolute atomic E-state index is 11.7. The van der Waals surface area contributed by atoms with Gasteiger partial charge in [-0.2, -0.15) is 0 Å². The van der Waals surface area contributed by atoms with Crippen LogP contribution in [-0.4, -0.2) is 52.5 Å². The van der Waals surface area contributed by atoms with E-state index in [1.165, 1.54) is 0 Å². The predicted molar refractivity (Wildman–Crippen MR) is 77.6 cm³/mol. The molecule has 1 atom stereocenters. The SMILES string of the molecule is CC(C)(C)OC(=O)NC1([C@@H]2CCNC2)CC1.O=C(O)C(=O)O. The molecule has 0 radical (unpaired) electrons. The normalized spacial score (nSPS) is 22.0. The molecule has 2 aliphatic rings. The van der Waals surface area contributed by atoms with Gasteiger partial charge in [-0.25, -0.2) is 14.4 Å². The summed E-state index contributed by atoms with van der Waals surface area (Å²) in [6.07, 6.45) is 3.09. The van der Waals surface area contributed by atoms with Gasteiger partial charge in [-0.15, -0.1) is 0 Å². The lowest BCUT2D eigenvalue weighted by Crippen LogP contribution is -2.45. The van der Waals surface area contributed by atoms with Gasteiger partial charge in [0.25, 0.3) is 0 Å². The van der Waals surface area contributed by atoms with Crippen molar-refractivity contribution < 1.29 is 29.3 Å². The number of carboxylic acids is 2. The highest BCUT2D eigenvalue weighted by molar-refractivity contribution is 6.27. The first-order valence-electron chi connectivity index (χ1n) is 7.24. The molecule has 0 unspecified atom stereocenters. The molecule has 8 heteroatoms. The summed E-state index contributed by atoms with van der Waals surface area (Å²) in [6, 6.07) is 0. The van der Waals surface area contributed by atoms with Crippen molar-refractivity contribution in [1.82, 2.24) is 10.6 Å². The molecular weight excluding hydrogens is 292 g/mol. The summed E-state index contributed by atoms with van der Waals surface area (Å²) in [7, 11) is 0. The minimum absolute atomic E-state index is 0.0336. The number of carbonyl (C=O) groups is 3. The molecule has 1 aliphatic carbocycles. The molecule has 4 N–H and O–H groups in total. The number of amides is 1. The van der Waals surface area contributed by atoms with E-state index < -0.39 is 17.5 Å². The Morgan fingerprint density at radius 2 is 1.73 bits per heavy atom. The molecule has 2 rings (SSSR count). The predicted octanol–water partition coefficient (Wildman–Crippen LogP) is 0.809. The van der Waals surface area contributed by atoms with E-state index in [0.717, 1.165) is 32.4 Å². The number of hydrogen-bond donors (Lipinski definition) is 4. The van der Waals surface area contributed by atoms with E-state index >= 15 is 0 Å². The fourth-order valence-electron chi connectivity index (χ4n) is 2.40. The Hall–Kier alpha value is -1.83. The third-order valence-corrected chi connectivity index (χ3v) is 3.56. The van der Waals surface area contributed by atoms with Gasteiger partial charge in [-0.1, -0.05) is 0 Å². The first kappa shape index (κ1) is 18.2. The third kappa shape index (κ3) is 5.88. The van der Waals surface area contributed by atoms with E-state index in [2.05, 4.69) is 10.6 Å². The highest BCUT2D eigenvalue weighted by Gasteiger charge is 2.51. The van der Waals surface area contributed by atoms with Crippen LogP contribution in [0.5, 0.6) is 0 Å². The smallest absolute Gasteiger partial charge is 0.414 e. The average Bonchev–Trinajstić information content (AvgIpc) is 2.90. The van der Waals surface area contributed by atoms with E-state index in [0.29, 0.717) is 5.92 Å². The highest BCUT2D eigenvalue weighted by atomic mass is 16.6. The summed E-state index contributed by atoms with van der Waals surface area (Å²) >= 11 is 0. The van der Waals surface area contributed by atoms with E-state index in [4.69, 9.17) is 24.5 Å². The topological polar surface area (TPSA) is 125 Å². The average molecular weight is 316 g/mol. The van der Waals surface area contributed by atoms with Crippen LogP contribution in [0.4, 0.5) is 4.79 Å². The zero-order valence-corrected chi connectivity index (χ0v) is 13.1. The molecule has 1 saturated heterocycles. The Labute approximate surface area is 129 Å².